The van der Waals surface area contributed by atoms with Crippen LogP contribution in [0.5, 0.6) is 0 Å². The number of carboxylic acids is 1. The third-order valence-electron chi connectivity index (χ3n) is 6.57. The van der Waals surface area contributed by atoms with Crippen molar-refractivity contribution in [1.82, 2.24) is 9.97 Å². The Bertz CT molecular complexity index is 1220. The van der Waals surface area contributed by atoms with E-state index < -0.39 is 15.8 Å². The van der Waals surface area contributed by atoms with Crippen molar-refractivity contribution in [3.05, 3.63) is 58.7 Å². The second-order valence-electron chi connectivity index (χ2n) is 8.81. The number of nitrogens with one attached hydrogen (secondary N) is 1. The lowest BCUT2D eigenvalue weighted by atomic mass is 9.82. The van der Waals surface area contributed by atoms with Gasteiger partial charge in [0, 0.05) is 36.4 Å². The third kappa shape index (κ3) is 4.62. The molecule has 1 unspecified atom stereocenters. The van der Waals surface area contributed by atoms with E-state index >= 15 is 0 Å². The molecule has 0 amide bonds. The normalized spacial score (nSPS) is 18.3. The van der Waals surface area contributed by atoms with Crippen LogP contribution in [0, 0.1) is 5.92 Å². The molecular weight excluding hydrogens is 460 g/mol. The summed E-state index contributed by atoms with van der Waals surface area (Å²) in [6.07, 6.45) is 5.75. The van der Waals surface area contributed by atoms with Crippen LogP contribution in [-0.2, 0) is 14.6 Å². The van der Waals surface area contributed by atoms with Crippen molar-refractivity contribution < 1.29 is 23.1 Å². The molecule has 3 heterocycles. The summed E-state index contributed by atoms with van der Waals surface area (Å²) in [6.45, 7) is 1.41. The van der Waals surface area contributed by atoms with Gasteiger partial charge in [0.2, 0.25) is 0 Å². The molecule has 2 N–H and O–H groups in total. The highest BCUT2D eigenvalue weighted by atomic mass is 32.2. The Morgan fingerprint density at radius 1 is 1.18 bits per heavy atom. The van der Waals surface area contributed by atoms with E-state index in [0.29, 0.717) is 35.4 Å². The van der Waals surface area contributed by atoms with Gasteiger partial charge < -0.3 is 14.8 Å². The number of carbonyl (C=O) groups is 1. The van der Waals surface area contributed by atoms with Gasteiger partial charge in [-0.1, -0.05) is 12.1 Å². The Hall–Kier alpha value is -2.49. The molecule has 2 aliphatic rings. The minimum Gasteiger partial charge on any atom is -0.478 e. The van der Waals surface area contributed by atoms with E-state index in [1.54, 1.807) is 24.4 Å². The molecule has 3 aromatic rings. The van der Waals surface area contributed by atoms with E-state index in [1.807, 2.05) is 17.5 Å². The summed E-state index contributed by atoms with van der Waals surface area (Å²) in [7, 11) is -3.27. The highest BCUT2D eigenvalue weighted by Crippen LogP contribution is 2.39. The van der Waals surface area contributed by atoms with Gasteiger partial charge in [-0.3, -0.25) is 0 Å². The molecule has 0 radical (unpaired) electrons. The summed E-state index contributed by atoms with van der Waals surface area (Å²) >= 11 is 1.45. The van der Waals surface area contributed by atoms with Gasteiger partial charge in [0.15, 0.2) is 9.84 Å². The van der Waals surface area contributed by atoms with Gasteiger partial charge in [-0.25, -0.2) is 18.2 Å². The largest absolute Gasteiger partial charge is 0.478 e. The fourth-order valence-corrected chi connectivity index (χ4v) is 6.86. The second-order valence-corrected chi connectivity index (χ2v) is 11.9. The summed E-state index contributed by atoms with van der Waals surface area (Å²) in [6, 6.07) is 8.68. The summed E-state index contributed by atoms with van der Waals surface area (Å²) < 4.78 is 30.8. The van der Waals surface area contributed by atoms with Crippen molar-refractivity contribution in [2.45, 2.75) is 48.2 Å². The first-order chi connectivity index (χ1) is 15.9. The number of H-pyrrole nitrogens is 1. The van der Waals surface area contributed by atoms with Crippen molar-refractivity contribution in [3.63, 3.8) is 0 Å². The molecule has 1 saturated carbocycles. The van der Waals surface area contributed by atoms with Crippen molar-refractivity contribution >= 4 is 27.1 Å². The Labute approximate surface area is 196 Å². The Morgan fingerprint density at radius 2 is 1.91 bits per heavy atom. The maximum absolute atomic E-state index is 12.6. The highest BCUT2D eigenvalue weighted by molar-refractivity contribution is 7.92. The molecule has 0 bridgehead atoms. The van der Waals surface area contributed by atoms with Crippen molar-refractivity contribution in [1.29, 1.82) is 0 Å². The number of sulfone groups is 1. The standard InChI is InChI=1S/C24H26N2O5S2/c27-24(28)20-14-21(23-25-9-12-32-23)26-22(20)19(13-15-7-10-31-11-8-15)16-1-3-17(4-2-16)33(29,30)18-5-6-18/h1-4,9,12,14-15,18-19,26H,5-8,10-11,13H2,(H,27,28). The van der Waals surface area contributed by atoms with Crippen LogP contribution >= 0.6 is 11.3 Å². The maximum atomic E-state index is 12.6. The average molecular weight is 487 g/mol. The molecule has 33 heavy (non-hydrogen) atoms. The third-order valence-corrected chi connectivity index (χ3v) is 9.66. The number of benzene rings is 1. The maximum Gasteiger partial charge on any atom is 0.337 e. The molecule has 5 rings (SSSR count). The lowest BCUT2D eigenvalue weighted by Crippen LogP contribution is -2.19. The number of ether oxygens (including phenoxy) is 1. The quantitative estimate of drug-likeness (QED) is 0.477. The van der Waals surface area contributed by atoms with Crippen LogP contribution in [0.3, 0.4) is 0 Å². The first-order valence-corrected chi connectivity index (χ1v) is 13.6. The van der Waals surface area contributed by atoms with Gasteiger partial charge in [-0.05, 0) is 61.8 Å². The lowest BCUT2D eigenvalue weighted by Gasteiger charge is -2.27. The number of hydrogen-bond donors (Lipinski definition) is 2. The molecule has 0 spiro atoms. The molecule has 1 saturated heterocycles. The fraction of sp³-hybridized carbons (Fsp3) is 0.417. The molecule has 9 heteroatoms. The number of aromatic amines is 1. The first-order valence-electron chi connectivity index (χ1n) is 11.2. The summed E-state index contributed by atoms with van der Waals surface area (Å²) in [5.74, 6) is -0.800. The number of nitrogens with zero attached hydrogens (tertiary/aromatic N) is 1. The summed E-state index contributed by atoms with van der Waals surface area (Å²) in [5, 5.41) is 12.3. The van der Waals surface area contributed by atoms with Crippen LogP contribution in [0.4, 0.5) is 0 Å². The number of rotatable bonds is 8. The zero-order valence-corrected chi connectivity index (χ0v) is 19.7. The molecule has 174 valence electrons. The second kappa shape index (κ2) is 9.04. The molecule has 2 aromatic heterocycles. The van der Waals surface area contributed by atoms with E-state index in [1.165, 1.54) is 11.3 Å². The Balaban J connectivity index is 1.54. The highest BCUT2D eigenvalue weighted by Gasteiger charge is 2.37. The fourth-order valence-electron chi connectivity index (χ4n) is 4.59. The van der Waals surface area contributed by atoms with Gasteiger partial charge in [-0.2, -0.15) is 0 Å². The minimum absolute atomic E-state index is 0.203. The monoisotopic (exact) mass is 486 g/mol. The molecular formula is C24H26N2O5S2. The number of carboxylic acid groups (broad SMARTS) is 1. The number of thiazole rings is 1. The van der Waals surface area contributed by atoms with Gasteiger partial charge in [-0.15, -0.1) is 11.3 Å². The number of aromatic carboxylic acids is 1. The van der Waals surface area contributed by atoms with Crippen LogP contribution < -0.4 is 0 Å². The van der Waals surface area contributed by atoms with E-state index in [9.17, 15) is 18.3 Å². The predicted octanol–water partition coefficient (Wildman–Crippen LogP) is 4.72. The van der Waals surface area contributed by atoms with Gasteiger partial charge in [0.05, 0.1) is 21.4 Å². The van der Waals surface area contributed by atoms with E-state index in [-0.39, 0.29) is 16.7 Å². The van der Waals surface area contributed by atoms with E-state index in [4.69, 9.17) is 4.74 Å². The SMILES string of the molecule is O=C(O)c1cc(-c2nccs2)[nH]c1C(CC1CCOCC1)c1ccc(S(=O)(=O)C2CC2)cc1. The zero-order valence-electron chi connectivity index (χ0n) is 18.1. The Morgan fingerprint density at radius 3 is 2.52 bits per heavy atom. The van der Waals surface area contributed by atoms with Gasteiger partial charge >= 0.3 is 5.97 Å². The van der Waals surface area contributed by atoms with Crippen LogP contribution in [0.1, 0.15) is 59.6 Å². The molecule has 2 fully saturated rings. The topological polar surface area (TPSA) is 109 Å². The summed E-state index contributed by atoms with van der Waals surface area (Å²) in [4.78, 5) is 20.2. The Kier molecular flexibility index (Phi) is 6.11. The molecule has 7 nitrogen and oxygen atoms in total. The van der Waals surface area contributed by atoms with Crippen LogP contribution in [0.25, 0.3) is 10.7 Å². The molecule has 1 atom stereocenters. The van der Waals surface area contributed by atoms with Crippen molar-refractivity contribution in [3.8, 4) is 10.7 Å². The number of aromatic nitrogens is 2. The molecule has 1 aromatic carbocycles. The van der Waals surface area contributed by atoms with Gasteiger partial charge in [0.1, 0.15) is 5.01 Å². The smallest absolute Gasteiger partial charge is 0.337 e. The molecule has 1 aliphatic heterocycles. The van der Waals surface area contributed by atoms with Crippen LogP contribution in [0.2, 0.25) is 0 Å². The van der Waals surface area contributed by atoms with Crippen LogP contribution in [-0.4, -0.2) is 47.9 Å². The summed E-state index contributed by atoms with van der Waals surface area (Å²) in [5.41, 5.74) is 2.46. The first kappa shape index (κ1) is 22.3. The minimum atomic E-state index is -3.27. The van der Waals surface area contributed by atoms with Crippen molar-refractivity contribution in [2.75, 3.05) is 13.2 Å². The van der Waals surface area contributed by atoms with Crippen LogP contribution in [0.15, 0.2) is 46.8 Å². The molecule has 1 aliphatic carbocycles. The number of hydrogen-bond acceptors (Lipinski definition) is 6. The van der Waals surface area contributed by atoms with Gasteiger partial charge in [0.25, 0.3) is 0 Å². The zero-order chi connectivity index (χ0) is 23.0. The van der Waals surface area contributed by atoms with Crippen molar-refractivity contribution in [2.24, 2.45) is 5.92 Å². The van der Waals surface area contributed by atoms with E-state index in [0.717, 1.165) is 42.7 Å². The average Bonchev–Trinajstić information content (AvgIpc) is 3.37. The van der Waals surface area contributed by atoms with E-state index in [2.05, 4.69) is 9.97 Å². The lowest BCUT2D eigenvalue weighted by molar-refractivity contribution is 0.0622. The predicted molar refractivity (Wildman–Crippen MR) is 126 cm³/mol.